The van der Waals surface area contributed by atoms with Gasteiger partial charge in [-0.15, -0.1) is 0 Å². The zero-order valence-electron chi connectivity index (χ0n) is 6.12. The van der Waals surface area contributed by atoms with Crippen LogP contribution in [-0.2, 0) is 0 Å². The van der Waals surface area contributed by atoms with E-state index in [9.17, 15) is 0 Å². The van der Waals surface area contributed by atoms with Crippen molar-refractivity contribution in [1.82, 2.24) is 0 Å². The van der Waals surface area contributed by atoms with Gasteiger partial charge in [0.05, 0.1) is 0 Å². The molecule has 1 aromatic rings. The molecule has 4 heteroatoms. The highest BCUT2D eigenvalue weighted by Gasteiger charge is 2.28. The van der Waals surface area contributed by atoms with Crippen molar-refractivity contribution >= 4 is 45.1 Å². The molecule has 0 atom stereocenters. The molecule has 0 aliphatic rings. The summed E-state index contributed by atoms with van der Waals surface area (Å²) in [6, 6.07) is 9.74. The third-order valence-electron chi connectivity index (χ3n) is 1.24. The Hall–Kier alpha value is 0.260. The minimum Gasteiger partial charge on any atom is -0.0622 e. The van der Waals surface area contributed by atoms with E-state index in [1.54, 1.807) is 5.82 Å². The first-order chi connectivity index (χ1) is 5.58. The van der Waals surface area contributed by atoms with Gasteiger partial charge in [-0.25, -0.2) is 0 Å². The summed E-state index contributed by atoms with van der Waals surface area (Å²) in [5.41, 5.74) is 1.05. The maximum Gasteiger partial charge on any atom is 0.332 e. The van der Waals surface area contributed by atoms with Gasteiger partial charge in [0.1, 0.15) is 39.5 Å². The van der Waals surface area contributed by atoms with Crippen molar-refractivity contribution in [3.63, 3.8) is 0 Å². The van der Waals surface area contributed by atoms with E-state index in [2.05, 4.69) is 0 Å². The van der Waals surface area contributed by atoms with E-state index in [0.29, 0.717) is 0 Å². The van der Waals surface area contributed by atoms with Crippen LogP contribution in [0, 0.1) is 0 Å². The second-order valence-electron chi connectivity index (χ2n) is 2.21. The van der Waals surface area contributed by atoms with E-state index in [-0.39, 0.29) is 0 Å². The maximum atomic E-state index is 5.64. The number of hydrogen-bond donors (Lipinski definition) is 0. The molecule has 0 spiro atoms. The van der Waals surface area contributed by atoms with Crippen molar-refractivity contribution in [2.24, 2.45) is 0 Å². The highest BCUT2D eigenvalue weighted by Crippen LogP contribution is 2.75. The van der Waals surface area contributed by atoms with Gasteiger partial charge in [-0.1, -0.05) is 30.3 Å². The summed E-state index contributed by atoms with van der Waals surface area (Å²) < 4.78 is 0. The van der Waals surface area contributed by atoms with Crippen molar-refractivity contribution in [1.29, 1.82) is 0 Å². The molecule has 0 aliphatic carbocycles. The van der Waals surface area contributed by atoms with Gasteiger partial charge in [0.2, 0.25) is 0 Å². The highest BCUT2D eigenvalue weighted by atomic mass is 36.1. The molecule has 0 aromatic heterocycles. The molecule has 0 saturated carbocycles. The van der Waals surface area contributed by atoms with E-state index in [0.717, 1.165) is 5.56 Å². The molecule has 1 aromatic carbocycles. The van der Waals surface area contributed by atoms with Gasteiger partial charge in [0, 0.05) is 0 Å². The van der Waals surface area contributed by atoms with Crippen LogP contribution in [0.3, 0.4) is 0 Å². The molecule has 64 valence electrons. The largest absolute Gasteiger partial charge is 0.332 e. The van der Waals surface area contributed by atoms with Crippen LogP contribution in [0.15, 0.2) is 36.1 Å². The van der Waals surface area contributed by atoms with Crippen LogP contribution < -0.4 is 0 Å². The Labute approximate surface area is 86.8 Å². The molecule has 0 bridgehead atoms. The van der Waals surface area contributed by atoms with E-state index in [1.165, 1.54) is 0 Å². The summed E-state index contributed by atoms with van der Waals surface area (Å²) in [6.45, 7) is 0. The van der Waals surface area contributed by atoms with E-state index < -0.39 is 5.32 Å². The molecule has 0 radical (unpaired) electrons. The van der Waals surface area contributed by atoms with Crippen molar-refractivity contribution in [2.45, 2.75) is 0 Å². The second-order valence-corrected chi connectivity index (χ2v) is 9.83. The fourth-order valence-corrected chi connectivity index (χ4v) is 1.58. The van der Waals surface area contributed by atoms with Crippen molar-refractivity contribution < 1.29 is 0 Å². The van der Waals surface area contributed by atoms with Gasteiger partial charge in [-0.2, -0.15) is 0 Å². The number of halogens is 3. The van der Waals surface area contributed by atoms with Gasteiger partial charge >= 0.3 is 5.32 Å². The molecule has 0 amide bonds. The van der Waals surface area contributed by atoms with Crippen LogP contribution in [-0.4, -0.2) is 0 Å². The molecule has 0 aliphatic heterocycles. The lowest BCUT2D eigenvalue weighted by atomic mass is 10.2. The fraction of sp³-hybridized carbons (Fsp3) is 0. The standard InChI is InChI=1S/C8H7Cl3P/c9-12(10,11)7-6-8-4-2-1-3-5-8/h1-7H/q+1/b7-6+. The first kappa shape index (κ1) is 10.3. The lowest BCUT2D eigenvalue weighted by molar-refractivity contribution is 1.67. The average Bonchev–Trinajstić information content (AvgIpc) is 2.02. The maximum absolute atomic E-state index is 5.64. The third-order valence-corrected chi connectivity index (χ3v) is 2.74. The Morgan fingerprint density at radius 2 is 1.58 bits per heavy atom. The van der Waals surface area contributed by atoms with Gasteiger partial charge in [-0.05, 0) is 11.6 Å². The van der Waals surface area contributed by atoms with Gasteiger partial charge < -0.3 is 0 Å². The van der Waals surface area contributed by atoms with Crippen molar-refractivity contribution in [3.05, 3.63) is 41.7 Å². The topological polar surface area (TPSA) is 0 Å². The zero-order valence-corrected chi connectivity index (χ0v) is 9.28. The summed E-state index contributed by atoms with van der Waals surface area (Å²) in [5.74, 6) is 1.63. The van der Waals surface area contributed by atoms with Crippen molar-refractivity contribution in [3.8, 4) is 0 Å². The minimum absolute atomic E-state index is 1.05. The van der Waals surface area contributed by atoms with Gasteiger partial charge in [0.25, 0.3) is 0 Å². The van der Waals surface area contributed by atoms with Crippen molar-refractivity contribution in [2.75, 3.05) is 0 Å². The lowest BCUT2D eigenvalue weighted by Gasteiger charge is -1.91. The van der Waals surface area contributed by atoms with Crippen LogP contribution >= 0.6 is 39.0 Å². The summed E-state index contributed by atoms with van der Waals surface area (Å²) >= 11 is 16.9. The summed E-state index contributed by atoms with van der Waals surface area (Å²) in [6.07, 6.45) is 1.82. The summed E-state index contributed by atoms with van der Waals surface area (Å²) in [7, 11) is 0. The Bertz CT molecular complexity index is 263. The Morgan fingerprint density at radius 3 is 2.08 bits per heavy atom. The zero-order chi connectivity index (χ0) is 9.03. The van der Waals surface area contributed by atoms with Crippen LogP contribution in [0.1, 0.15) is 5.56 Å². The average molecular weight is 240 g/mol. The summed E-state index contributed by atoms with van der Waals surface area (Å²) in [5, 5.41) is -2.35. The normalized spacial score (nSPS) is 12.2. The van der Waals surface area contributed by atoms with Crippen LogP contribution in [0.25, 0.3) is 6.08 Å². The number of benzene rings is 1. The Morgan fingerprint density at radius 1 is 1.00 bits per heavy atom. The van der Waals surface area contributed by atoms with E-state index in [1.807, 2.05) is 36.4 Å². The Kier molecular flexibility index (Phi) is 3.86. The van der Waals surface area contributed by atoms with Crippen LogP contribution in [0.5, 0.6) is 0 Å². The highest BCUT2D eigenvalue weighted by molar-refractivity contribution is 8.34. The Balaban J connectivity index is 2.71. The van der Waals surface area contributed by atoms with E-state index in [4.69, 9.17) is 33.7 Å². The molecule has 0 unspecified atom stereocenters. The molecule has 12 heavy (non-hydrogen) atoms. The predicted molar refractivity (Wildman–Crippen MR) is 60.0 cm³/mol. The monoisotopic (exact) mass is 239 g/mol. The third kappa shape index (κ3) is 4.33. The van der Waals surface area contributed by atoms with Crippen LogP contribution in [0.2, 0.25) is 0 Å². The van der Waals surface area contributed by atoms with Gasteiger partial charge in [0.15, 0.2) is 0 Å². The number of rotatable bonds is 2. The lowest BCUT2D eigenvalue weighted by Crippen LogP contribution is -1.66. The smallest absolute Gasteiger partial charge is 0.0622 e. The fourth-order valence-electron chi connectivity index (χ4n) is 0.735. The molecule has 0 saturated heterocycles. The molecule has 0 heterocycles. The SMILES string of the molecule is Cl[P+](Cl)(Cl)/C=C/c1ccccc1. The quantitative estimate of drug-likeness (QED) is 0.628. The first-order valence-corrected chi connectivity index (χ1v) is 7.87. The molecule has 0 N–H and O–H groups in total. The number of hydrogen-bond acceptors (Lipinski definition) is 0. The molecule has 0 fully saturated rings. The van der Waals surface area contributed by atoms with Gasteiger partial charge in [-0.3, -0.25) is 0 Å². The second kappa shape index (κ2) is 4.48. The molecule has 1 rings (SSSR count). The van der Waals surface area contributed by atoms with E-state index >= 15 is 0 Å². The molecular formula is C8H7Cl3P+. The summed E-state index contributed by atoms with van der Waals surface area (Å²) in [4.78, 5) is 0. The van der Waals surface area contributed by atoms with Crippen LogP contribution in [0.4, 0.5) is 0 Å². The molecular weight excluding hydrogens is 233 g/mol. The molecule has 0 nitrogen and oxygen atoms in total. The minimum atomic E-state index is -2.35. The predicted octanol–water partition coefficient (Wildman–Crippen LogP) is 5.14. The first-order valence-electron chi connectivity index (χ1n) is 3.30.